The maximum atomic E-state index is 11.8. The van der Waals surface area contributed by atoms with Gasteiger partial charge in [-0.1, -0.05) is 12.1 Å². The Morgan fingerprint density at radius 3 is 2.53 bits per heavy atom. The van der Waals surface area contributed by atoms with E-state index in [0.29, 0.717) is 19.4 Å². The summed E-state index contributed by atoms with van der Waals surface area (Å²) in [7, 11) is 0. The van der Waals surface area contributed by atoms with Crippen molar-refractivity contribution in [1.82, 2.24) is 4.90 Å². The van der Waals surface area contributed by atoms with Crippen LogP contribution in [0.5, 0.6) is 0 Å². The highest BCUT2D eigenvalue weighted by Crippen LogP contribution is 2.24. The van der Waals surface area contributed by atoms with Crippen LogP contribution in [0, 0.1) is 20.8 Å². The van der Waals surface area contributed by atoms with Crippen LogP contribution >= 0.6 is 0 Å². The molecule has 0 aromatic heterocycles. The molecule has 0 radical (unpaired) electrons. The number of hydrogen-bond donors (Lipinski definition) is 1. The first-order valence-electron chi connectivity index (χ1n) is 6.49. The molecule has 4 heteroatoms. The van der Waals surface area contributed by atoms with Crippen LogP contribution in [-0.4, -0.2) is 27.9 Å². The van der Waals surface area contributed by atoms with Gasteiger partial charge in [0.15, 0.2) is 0 Å². The minimum atomic E-state index is -0.910. The molecule has 1 aliphatic rings. The summed E-state index contributed by atoms with van der Waals surface area (Å²) in [5, 5.41) is 9.15. The van der Waals surface area contributed by atoms with E-state index in [2.05, 4.69) is 12.1 Å². The smallest absolute Gasteiger partial charge is 0.326 e. The summed E-state index contributed by atoms with van der Waals surface area (Å²) in [5.74, 6) is -0.975. The van der Waals surface area contributed by atoms with Gasteiger partial charge in [-0.05, 0) is 49.4 Å². The molecule has 0 saturated carbocycles. The van der Waals surface area contributed by atoms with Gasteiger partial charge in [0.1, 0.15) is 6.04 Å². The normalized spacial score (nSPS) is 19.0. The maximum Gasteiger partial charge on any atom is 0.326 e. The van der Waals surface area contributed by atoms with E-state index in [-0.39, 0.29) is 5.91 Å². The van der Waals surface area contributed by atoms with Crippen LogP contribution in [0.1, 0.15) is 35.1 Å². The molecule has 0 spiro atoms. The number of aryl methyl sites for hydroxylation is 3. The number of hydrogen-bond acceptors (Lipinski definition) is 2. The fraction of sp³-hybridized carbons (Fsp3) is 0.467. The minimum absolute atomic E-state index is 0.0648. The fourth-order valence-corrected chi connectivity index (χ4v) is 2.56. The summed E-state index contributed by atoms with van der Waals surface area (Å²) in [6.07, 6.45) is 0.749. The summed E-state index contributed by atoms with van der Waals surface area (Å²) in [5.41, 5.74) is 4.51. The molecule has 2 rings (SSSR count). The van der Waals surface area contributed by atoms with Gasteiger partial charge in [-0.3, -0.25) is 4.79 Å². The molecule has 1 fully saturated rings. The summed E-state index contributed by atoms with van der Waals surface area (Å²) in [4.78, 5) is 24.5. The Balaban J connectivity index is 2.27. The molecule has 1 heterocycles. The van der Waals surface area contributed by atoms with Gasteiger partial charge in [0, 0.05) is 13.0 Å². The highest BCUT2D eigenvalue weighted by Gasteiger charge is 2.35. The molecule has 1 aliphatic heterocycles. The van der Waals surface area contributed by atoms with Gasteiger partial charge in [0.05, 0.1) is 0 Å². The Morgan fingerprint density at radius 1 is 1.26 bits per heavy atom. The number of carboxylic acids is 1. The zero-order chi connectivity index (χ0) is 14.2. The first kappa shape index (κ1) is 13.6. The monoisotopic (exact) mass is 261 g/mol. The SMILES string of the molecule is Cc1cc(C)c(CN2C(=O)CCC2C(=O)O)cc1C. The van der Waals surface area contributed by atoms with Crippen LogP contribution in [0.3, 0.4) is 0 Å². The molecule has 1 amide bonds. The van der Waals surface area contributed by atoms with Crippen LogP contribution in [0.2, 0.25) is 0 Å². The lowest BCUT2D eigenvalue weighted by molar-refractivity contribution is -0.146. The third kappa shape index (κ3) is 2.62. The molecule has 0 bridgehead atoms. The van der Waals surface area contributed by atoms with E-state index in [0.717, 1.165) is 11.1 Å². The lowest BCUT2D eigenvalue weighted by Crippen LogP contribution is -2.38. The molecule has 19 heavy (non-hydrogen) atoms. The molecule has 1 aromatic carbocycles. The van der Waals surface area contributed by atoms with Crippen molar-refractivity contribution in [2.45, 2.75) is 46.2 Å². The van der Waals surface area contributed by atoms with Crippen LogP contribution in [0.25, 0.3) is 0 Å². The molecule has 4 nitrogen and oxygen atoms in total. The quantitative estimate of drug-likeness (QED) is 0.907. The van der Waals surface area contributed by atoms with Gasteiger partial charge in [-0.2, -0.15) is 0 Å². The molecule has 1 saturated heterocycles. The average molecular weight is 261 g/mol. The number of likely N-dealkylation sites (tertiary alicyclic amines) is 1. The molecule has 1 N–H and O–H groups in total. The van der Waals surface area contributed by atoms with Gasteiger partial charge in [-0.15, -0.1) is 0 Å². The number of carboxylic acid groups (broad SMARTS) is 1. The van der Waals surface area contributed by atoms with Gasteiger partial charge in [0.25, 0.3) is 0 Å². The van der Waals surface area contributed by atoms with Crippen molar-refractivity contribution in [2.75, 3.05) is 0 Å². The number of aliphatic carboxylic acids is 1. The topological polar surface area (TPSA) is 57.6 Å². The highest BCUT2D eigenvalue weighted by molar-refractivity contribution is 5.87. The molecule has 0 aliphatic carbocycles. The van der Waals surface area contributed by atoms with Crippen LogP contribution < -0.4 is 0 Å². The van der Waals surface area contributed by atoms with E-state index in [1.807, 2.05) is 20.8 Å². The third-order valence-electron chi connectivity index (χ3n) is 3.91. The number of nitrogens with zero attached hydrogens (tertiary/aromatic N) is 1. The van der Waals surface area contributed by atoms with Gasteiger partial charge in [-0.25, -0.2) is 4.79 Å². The van der Waals surface area contributed by atoms with Crippen molar-refractivity contribution in [3.63, 3.8) is 0 Å². The first-order chi connectivity index (χ1) is 8.90. The second kappa shape index (κ2) is 5.03. The number of rotatable bonds is 3. The van der Waals surface area contributed by atoms with Gasteiger partial charge in [0.2, 0.25) is 5.91 Å². The van der Waals surface area contributed by atoms with Crippen molar-refractivity contribution in [2.24, 2.45) is 0 Å². The summed E-state index contributed by atoms with van der Waals surface area (Å²) >= 11 is 0. The van der Waals surface area contributed by atoms with Gasteiger partial charge < -0.3 is 10.0 Å². The first-order valence-corrected chi connectivity index (χ1v) is 6.49. The number of amides is 1. The van der Waals surface area contributed by atoms with E-state index in [9.17, 15) is 9.59 Å². The Bertz CT molecular complexity index is 536. The van der Waals surface area contributed by atoms with Crippen LogP contribution in [0.15, 0.2) is 12.1 Å². The van der Waals surface area contributed by atoms with E-state index < -0.39 is 12.0 Å². The van der Waals surface area contributed by atoms with Crippen molar-refractivity contribution in [3.8, 4) is 0 Å². The number of benzene rings is 1. The van der Waals surface area contributed by atoms with Gasteiger partial charge >= 0.3 is 5.97 Å². The van der Waals surface area contributed by atoms with E-state index in [4.69, 9.17) is 5.11 Å². The summed E-state index contributed by atoms with van der Waals surface area (Å²) in [6, 6.07) is 3.46. The van der Waals surface area contributed by atoms with Crippen molar-refractivity contribution >= 4 is 11.9 Å². The molecule has 1 atom stereocenters. The standard InChI is InChI=1S/C15H19NO3/c1-9-6-11(3)12(7-10(9)2)8-16-13(15(18)19)4-5-14(16)17/h6-7,13H,4-5,8H2,1-3H3,(H,18,19). The van der Waals surface area contributed by atoms with E-state index in [1.165, 1.54) is 16.0 Å². The second-order valence-electron chi connectivity index (χ2n) is 5.28. The molecular formula is C15H19NO3. The van der Waals surface area contributed by atoms with E-state index in [1.54, 1.807) is 0 Å². The Labute approximate surface area is 113 Å². The highest BCUT2D eigenvalue weighted by atomic mass is 16.4. The molecule has 1 unspecified atom stereocenters. The van der Waals surface area contributed by atoms with Crippen LogP contribution in [-0.2, 0) is 16.1 Å². The number of carbonyl (C=O) groups is 2. The van der Waals surface area contributed by atoms with Crippen LogP contribution in [0.4, 0.5) is 0 Å². The molecular weight excluding hydrogens is 242 g/mol. The molecule has 1 aromatic rings. The predicted octanol–water partition coefficient (Wildman–Crippen LogP) is 2.19. The Kier molecular flexibility index (Phi) is 3.60. The van der Waals surface area contributed by atoms with E-state index >= 15 is 0 Å². The lowest BCUT2D eigenvalue weighted by Gasteiger charge is -2.23. The third-order valence-corrected chi connectivity index (χ3v) is 3.91. The van der Waals surface area contributed by atoms with Crippen molar-refractivity contribution in [3.05, 3.63) is 34.4 Å². The van der Waals surface area contributed by atoms with Crippen molar-refractivity contribution in [1.29, 1.82) is 0 Å². The Morgan fingerprint density at radius 2 is 1.89 bits per heavy atom. The zero-order valence-corrected chi connectivity index (χ0v) is 11.6. The zero-order valence-electron chi connectivity index (χ0n) is 11.6. The Hall–Kier alpha value is -1.84. The largest absolute Gasteiger partial charge is 0.480 e. The summed E-state index contributed by atoms with van der Waals surface area (Å²) < 4.78 is 0. The predicted molar refractivity (Wildman–Crippen MR) is 71.9 cm³/mol. The average Bonchev–Trinajstić information content (AvgIpc) is 2.68. The lowest BCUT2D eigenvalue weighted by atomic mass is 10.0. The number of carbonyl (C=O) groups excluding carboxylic acids is 1. The van der Waals surface area contributed by atoms with Crippen molar-refractivity contribution < 1.29 is 14.7 Å². The maximum absolute atomic E-state index is 11.8. The molecule has 102 valence electrons. The second-order valence-corrected chi connectivity index (χ2v) is 5.28. The minimum Gasteiger partial charge on any atom is -0.480 e. The summed E-state index contributed by atoms with van der Waals surface area (Å²) in [6.45, 7) is 6.47. The fourth-order valence-electron chi connectivity index (χ4n) is 2.56.